The lowest BCUT2D eigenvalue weighted by atomic mass is 9.92. The van der Waals surface area contributed by atoms with Gasteiger partial charge in [0.1, 0.15) is 0 Å². The summed E-state index contributed by atoms with van der Waals surface area (Å²) in [5.41, 5.74) is 21.5. The standard InChI is InChI=1S/C80H50N6Si/c1-5-25-51(26-6-1)67-49-68(52-27-7-2-8-28-52)82-79(81-67)85-71-39-19-13-33-55(71)65-45-61-57-35-15-21-41-75(57)87(77-43-23-17-37-59(77)63(61)47-73(65)85)76-42-22-16-36-58(76)62-46-66-56-34-14-20-40-72(56)86(74(66)48-64(62)60-38-18-24-44-78(60)87)80-83-69(53-29-9-3-10-30-53)50-70(84-80)54-31-11-4-12-32-54/h1-50H. The fourth-order valence-electron chi connectivity index (χ4n) is 14.5. The molecule has 0 unspecified atom stereocenters. The Bertz CT molecular complexity index is 5000. The summed E-state index contributed by atoms with van der Waals surface area (Å²) in [6, 6.07) is 111. The van der Waals surface area contributed by atoms with Crippen molar-refractivity contribution >= 4 is 72.4 Å². The van der Waals surface area contributed by atoms with Crippen LogP contribution in [0.3, 0.4) is 0 Å². The van der Waals surface area contributed by atoms with Gasteiger partial charge in [0.25, 0.3) is 0 Å². The SMILES string of the molecule is c1ccc(-c2cc(-c3ccccc3)nc(-n3c4ccccc4c4cc5c(cc43)-c3ccccc3[Si]3(c4ccccc4-5)c4ccccc4-c4cc5c6ccccc6n(-c6nc(-c7ccccc7)cc(-c7ccccc7)n6)c5cc4-c4ccccc43)n2)cc1. The third-order valence-corrected chi connectivity index (χ3v) is 23.2. The number of para-hydroxylation sites is 2. The Morgan fingerprint density at radius 1 is 0.207 bits per heavy atom. The molecular formula is C80H50N6Si. The summed E-state index contributed by atoms with van der Waals surface area (Å²) in [4.78, 5) is 21.9. The number of hydrogen-bond acceptors (Lipinski definition) is 4. The molecule has 2 aliphatic rings. The molecule has 12 aromatic carbocycles. The van der Waals surface area contributed by atoms with Crippen LogP contribution in [0.5, 0.6) is 0 Å². The number of nitrogens with zero attached hydrogens (tertiary/aromatic N) is 6. The van der Waals surface area contributed by atoms with Gasteiger partial charge in [-0.05, 0) is 114 Å². The first-order chi connectivity index (χ1) is 43.2. The molecule has 6 nitrogen and oxygen atoms in total. The lowest BCUT2D eigenvalue weighted by molar-refractivity contribution is 0.995. The molecule has 2 aliphatic heterocycles. The molecule has 0 aliphatic carbocycles. The third kappa shape index (κ3) is 7.40. The van der Waals surface area contributed by atoms with Crippen molar-refractivity contribution in [1.82, 2.24) is 29.1 Å². The van der Waals surface area contributed by atoms with Crippen molar-refractivity contribution < 1.29 is 0 Å². The first-order valence-corrected chi connectivity index (χ1v) is 31.7. The molecule has 0 amide bonds. The molecule has 7 heteroatoms. The van der Waals surface area contributed by atoms with Crippen LogP contribution in [0.1, 0.15) is 0 Å². The van der Waals surface area contributed by atoms with E-state index in [2.05, 4.69) is 312 Å². The van der Waals surface area contributed by atoms with Gasteiger partial charge in [-0.15, -0.1) is 0 Å². The summed E-state index contributed by atoms with van der Waals surface area (Å²) in [5, 5.41) is 9.99. The third-order valence-electron chi connectivity index (χ3n) is 18.2. The maximum atomic E-state index is 5.47. The Labute approximate surface area is 503 Å². The topological polar surface area (TPSA) is 61.4 Å². The molecule has 0 atom stereocenters. The summed E-state index contributed by atoms with van der Waals surface area (Å²) in [6.07, 6.45) is 0. The van der Waals surface area contributed by atoms with E-state index < -0.39 is 8.07 Å². The molecule has 18 rings (SSSR count). The molecule has 0 N–H and O–H groups in total. The number of aromatic nitrogens is 6. The quantitative estimate of drug-likeness (QED) is 0.156. The predicted octanol–water partition coefficient (Wildman–Crippen LogP) is 16.8. The van der Waals surface area contributed by atoms with Crippen LogP contribution in [0, 0.1) is 0 Å². The van der Waals surface area contributed by atoms with Gasteiger partial charge in [0.05, 0.1) is 44.8 Å². The van der Waals surface area contributed by atoms with Gasteiger partial charge < -0.3 is 0 Å². The van der Waals surface area contributed by atoms with Gasteiger partial charge in [0.15, 0.2) is 8.07 Å². The first kappa shape index (κ1) is 49.1. The maximum absolute atomic E-state index is 5.47. The van der Waals surface area contributed by atoms with E-state index in [1.54, 1.807) is 0 Å². The van der Waals surface area contributed by atoms with Crippen molar-refractivity contribution in [3.05, 3.63) is 303 Å². The van der Waals surface area contributed by atoms with Crippen LogP contribution in [-0.4, -0.2) is 37.1 Å². The van der Waals surface area contributed by atoms with Gasteiger partial charge in [-0.2, -0.15) is 0 Å². The summed E-state index contributed by atoms with van der Waals surface area (Å²) in [6.45, 7) is 0. The van der Waals surface area contributed by atoms with E-state index in [0.717, 1.165) is 88.6 Å². The molecule has 6 heterocycles. The van der Waals surface area contributed by atoms with Gasteiger partial charge in [0.2, 0.25) is 11.9 Å². The van der Waals surface area contributed by atoms with Crippen molar-refractivity contribution in [3.63, 3.8) is 0 Å². The van der Waals surface area contributed by atoms with Crippen LogP contribution in [0.4, 0.5) is 0 Å². The van der Waals surface area contributed by atoms with E-state index in [9.17, 15) is 0 Å². The van der Waals surface area contributed by atoms with Crippen molar-refractivity contribution in [1.29, 1.82) is 0 Å². The van der Waals surface area contributed by atoms with Gasteiger partial charge in [-0.25, -0.2) is 19.9 Å². The minimum Gasteiger partial charge on any atom is -0.278 e. The number of rotatable bonds is 6. The molecule has 0 saturated heterocycles. The highest BCUT2D eigenvalue weighted by Crippen LogP contribution is 2.47. The monoisotopic (exact) mass is 1120 g/mol. The average Bonchev–Trinajstić information content (AvgIpc) is 1.58. The Morgan fingerprint density at radius 3 is 0.793 bits per heavy atom. The number of benzene rings is 12. The molecule has 4 aromatic heterocycles. The number of fused-ring (bicyclic) bond motifs is 20. The predicted molar refractivity (Wildman–Crippen MR) is 361 cm³/mol. The van der Waals surface area contributed by atoms with Gasteiger partial charge in [-0.3, -0.25) is 9.13 Å². The Balaban J connectivity index is 0.911. The number of hydrogen-bond donors (Lipinski definition) is 0. The highest BCUT2D eigenvalue weighted by Gasteiger charge is 2.50. The molecule has 1 spiro atoms. The smallest absolute Gasteiger partial charge is 0.235 e. The van der Waals surface area contributed by atoms with Gasteiger partial charge in [0, 0.05) is 43.8 Å². The van der Waals surface area contributed by atoms with E-state index in [1.165, 1.54) is 65.3 Å². The van der Waals surface area contributed by atoms with Gasteiger partial charge >= 0.3 is 0 Å². The lowest BCUT2D eigenvalue weighted by Crippen LogP contribution is -2.75. The largest absolute Gasteiger partial charge is 0.278 e. The minimum absolute atomic E-state index is 0.624. The molecule has 0 radical (unpaired) electrons. The van der Waals surface area contributed by atoms with Crippen LogP contribution in [0.15, 0.2) is 303 Å². The minimum atomic E-state index is -3.36. The summed E-state index contributed by atoms with van der Waals surface area (Å²) < 4.78 is 4.60. The highest BCUT2D eigenvalue weighted by atomic mass is 28.3. The van der Waals surface area contributed by atoms with E-state index in [0.29, 0.717) is 11.9 Å². The van der Waals surface area contributed by atoms with E-state index in [-0.39, 0.29) is 0 Å². The Morgan fingerprint density at radius 2 is 0.471 bits per heavy atom. The molecule has 0 fully saturated rings. The molecule has 87 heavy (non-hydrogen) atoms. The molecular weight excluding hydrogens is 1070 g/mol. The zero-order valence-electron chi connectivity index (χ0n) is 47.1. The molecule has 0 saturated carbocycles. The van der Waals surface area contributed by atoms with Crippen molar-refractivity contribution in [2.75, 3.05) is 0 Å². The highest BCUT2D eigenvalue weighted by molar-refractivity contribution is 7.22. The van der Waals surface area contributed by atoms with Crippen LogP contribution in [-0.2, 0) is 0 Å². The van der Waals surface area contributed by atoms with Crippen molar-refractivity contribution in [2.24, 2.45) is 0 Å². The molecule has 0 bridgehead atoms. The van der Waals surface area contributed by atoms with Crippen LogP contribution in [0.25, 0.3) is 145 Å². The van der Waals surface area contributed by atoms with E-state index in [4.69, 9.17) is 19.9 Å². The summed E-state index contributed by atoms with van der Waals surface area (Å²) in [5.74, 6) is 1.25. The van der Waals surface area contributed by atoms with Crippen molar-refractivity contribution in [3.8, 4) is 101 Å². The Hall–Kier alpha value is -11.4. The average molecular weight is 1120 g/mol. The summed E-state index contributed by atoms with van der Waals surface area (Å²) >= 11 is 0. The van der Waals surface area contributed by atoms with E-state index >= 15 is 0 Å². The zero-order valence-corrected chi connectivity index (χ0v) is 48.1. The van der Waals surface area contributed by atoms with Crippen LogP contribution >= 0.6 is 0 Å². The van der Waals surface area contributed by atoms with Crippen LogP contribution < -0.4 is 20.7 Å². The fourth-order valence-corrected chi connectivity index (χ4v) is 20.1. The van der Waals surface area contributed by atoms with Crippen LogP contribution in [0.2, 0.25) is 0 Å². The second-order valence-electron chi connectivity index (χ2n) is 22.8. The Kier molecular flexibility index (Phi) is 10.9. The fraction of sp³-hybridized carbons (Fsp3) is 0. The van der Waals surface area contributed by atoms with Gasteiger partial charge in [-0.1, -0.05) is 255 Å². The maximum Gasteiger partial charge on any atom is 0.235 e. The van der Waals surface area contributed by atoms with Crippen molar-refractivity contribution in [2.45, 2.75) is 0 Å². The molecule has 16 aromatic rings. The normalized spacial score (nSPS) is 12.7. The second kappa shape index (κ2) is 19.3. The van der Waals surface area contributed by atoms with E-state index in [1.807, 2.05) is 0 Å². The molecule has 404 valence electrons. The second-order valence-corrected chi connectivity index (χ2v) is 26.5. The zero-order chi connectivity index (χ0) is 57.2. The summed E-state index contributed by atoms with van der Waals surface area (Å²) in [7, 11) is -3.36. The lowest BCUT2D eigenvalue weighted by Gasteiger charge is -2.37. The first-order valence-electron chi connectivity index (χ1n) is 29.7.